The molecule has 0 aliphatic carbocycles. The zero-order valence-corrected chi connectivity index (χ0v) is 9.64. The van der Waals surface area contributed by atoms with Crippen LogP contribution in [0.3, 0.4) is 0 Å². The van der Waals surface area contributed by atoms with E-state index in [1.807, 2.05) is 36.7 Å². The monoisotopic (exact) mass is 228 g/mol. The maximum absolute atomic E-state index is 5.52. The molecule has 2 heterocycles. The van der Waals surface area contributed by atoms with Gasteiger partial charge in [-0.25, -0.2) is 4.98 Å². The van der Waals surface area contributed by atoms with Crippen molar-refractivity contribution in [2.45, 2.75) is 6.92 Å². The molecule has 17 heavy (non-hydrogen) atoms. The Morgan fingerprint density at radius 3 is 2.82 bits per heavy atom. The van der Waals surface area contributed by atoms with E-state index in [1.54, 1.807) is 6.07 Å². The van der Waals surface area contributed by atoms with Crippen molar-refractivity contribution in [3.05, 3.63) is 30.1 Å². The number of anilines is 1. The predicted molar refractivity (Wildman–Crippen MR) is 65.4 cm³/mol. The number of nitrogens with zero attached hydrogens (tertiary/aromatic N) is 3. The molecule has 86 valence electrons. The summed E-state index contributed by atoms with van der Waals surface area (Å²) in [5.41, 5.74) is 9.28. The lowest BCUT2D eigenvalue weighted by atomic mass is 10.1. The molecular formula is C12H12N4O. The van der Waals surface area contributed by atoms with Gasteiger partial charge in [0.1, 0.15) is 11.5 Å². The molecule has 0 spiro atoms. The predicted octanol–water partition coefficient (Wildman–Crippen LogP) is 2.12. The van der Waals surface area contributed by atoms with Crippen molar-refractivity contribution in [3.8, 4) is 11.3 Å². The fraction of sp³-hybridized carbons (Fsp3) is 0.167. The lowest BCUT2D eigenvalue weighted by Gasteiger charge is -1.98. The summed E-state index contributed by atoms with van der Waals surface area (Å²) < 4.78 is 6.92. The lowest BCUT2D eigenvalue weighted by molar-refractivity contribution is 0.439. The van der Waals surface area contributed by atoms with E-state index in [-0.39, 0.29) is 0 Å². The van der Waals surface area contributed by atoms with Crippen LogP contribution in [-0.4, -0.2) is 14.7 Å². The number of nitrogens with two attached hydrogens (primary N) is 1. The molecule has 2 aromatic heterocycles. The summed E-state index contributed by atoms with van der Waals surface area (Å²) >= 11 is 0. The maximum atomic E-state index is 5.52. The van der Waals surface area contributed by atoms with Crippen LogP contribution in [0.2, 0.25) is 0 Å². The summed E-state index contributed by atoms with van der Waals surface area (Å²) in [6, 6.07) is 7.69. The van der Waals surface area contributed by atoms with Crippen LogP contribution >= 0.6 is 0 Å². The normalized spacial score (nSPS) is 11.2. The van der Waals surface area contributed by atoms with Crippen LogP contribution in [-0.2, 0) is 7.05 Å². The second-order valence-corrected chi connectivity index (χ2v) is 4.04. The van der Waals surface area contributed by atoms with Crippen molar-refractivity contribution in [2.75, 3.05) is 5.73 Å². The van der Waals surface area contributed by atoms with E-state index < -0.39 is 0 Å². The molecule has 1 aromatic carbocycles. The van der Waals surface area contributed by atoms with Crippen LogP contribution in [0.15, 0.2) is 28.8 Å². The molecule has 3 aromatic rings. The second kappa shape index (κ2) is 3.35. The van der Waals surface area contributed by atoms with Crippen LogP contribution in [0.4, 0.5) is 5.88 Å². The van der Waals surface area contributed by atoms with Crippen molar-refractivity contribution in [1.29, 1.82) is 0 Å². The Labute approximate surface area is 97.8 Å². The minimum absolute atomic E-state index is 0.321. The lowest BCUT2D eigenvalue weighted by Crippen LogP contribution is -1.90. The van der Waals surface area contributed by atoms with E-state index in [1.165, 1.54) is 0 Å². The third kappa shape index (κ3) is 1.47. The van der Waals surface area contributed by atoms with Crippen LogP contribution < -0.4 is 5.73 Å². The van der Waals surface area contributed by atoms with Crippen molar-refractivity contribution in [3.63, 3.8) is 0 Å². The highest BCUT2D eigenvalue weighted by molar-refractivity contribution is 5.82. The molecule has 0 radical (unpaired) electrons. The molecule has 0 amide bonds. The minimum atomic E-state index is 0.321. The van der Waals surface area contributed by atoms with E-state index in [4.69, 9.17) is 10.3 Å². The summed E-state index contributed by atoms with van der Waals surface area (Å²) in [6.07, 6.45) is 0. The largest absolute Gasteiger partial charge is 0.368 e. The summed E-state index contributed by atoms with van der Waals surface area (Å²) in [5, 5.41) is 3.90. The standard InChI is InChI=1S/C12H12N4O/c1-7-14-9-4-3-8(5-11(9)16(7)2)10-6-12(13)17-15-10/h3-6H,13H2,1-2H3. The smallest absolute Gasteiger partial charge is 0.222 e. The van der Waals surface area contributed by atoms with Gasteiger partial charge in [0, 0.05) is 18.7 Å². The highest BCUT2D eigenvalue weighted by atomic mass is 16.5. The van der Waals surface area contributed by atoms with Gasteiger partial charge in [-0.3, -0.25) is 0 Å². The Bertz CT molecular complexity index is 696. The molecule has 0 aliphatic heterocycles. The van der Waals surface area contributed by atoms with Gasteiger partial charge in [0.15, 0.2) is 0 Å². The maximum Gasteiger partial charge on any atom is 0.222 e. The number of nitrogen functional groups attached to an aromatic ring is 1. The highest BCUT2D eigenvalue weighted by Crippen LogP contribution is 2.24. The third-order valence-corrected chi connectivity index (χ3v) is 2.93. The Morgan fingerprint density at radius 1 is 1.29 bits per heavy atom. The fourth-order valence-electron chi connectivity index (χ4n) is 1.89. The SMILES string of the molecule is Cc1nc2ccc(-c3cc(N)on3)cc2n1C. The molecular weight excluding hydrogens is 216 g/mol. The molecule has 0 saturated heterocycles. The van der Waals surface area contributed by atoms with Crippen molar-refractivity contribution in [2.24, 2.45) is 7.05 Å². The van der Waals surface area contributed by atoms with Gasteiger partial charge in [0.2, 0.25) is 5.88 Å². The average Bonchev–Trinajstić information content (AvgIpc) is 2.85. The van der Waals surface area contributed by atoms with Gasteiger partial charge in [-0.15, -0.1) is 0 Å². The third-order valence-electron chi connectivity index (χ3n) is 2.93. The molecule has 0 bridgehead atoms. The van der Waals surface area contributed by atoms with Crippen LogP contribution in [0, 0.1) is 6.92 Å². The van der Waals surface area contributed by atoms with Gasteiger partial charge in [-0.1, -0.05) is 11.2 Å². The van der Waals surface area contributed by atoms with Gasteiger partial charge >= 0.3 is 0 Å². The number of benzene rings is 1. The number of imidazole rings is 1. The van der Waals surface area contributed by atoms with E-state index in [0.717, 1.165) is 28.1 Å². The molecule has 5 nitrogen and oxygen atoms in total. The Morgan fingerprint density at radius 2 is 2.12 bits per heavy atom. The number of fused-ring (bicyclic) bond motifs is 1. The van der Waals surface area contributed by atoms with Crippen LogP contribution in [0.25, 0.3) is 22.3 Å². The first-order valence-corrected chi connectivity index (χ1v) is 5.31. The summed E-state index contributed by atoms with van der Waals surface area (Å²) in [4.78, 5) is 4.45. The molecule has 0 atom stereocenters. The first-order valence-electron chi connectivity index (χ1n) is 5.31. The number of rotatable bonds is 1. The summed E-state index contributed by atoms with van der Waals surface area (Å²) in [7, 11) is 1.99. The van der Waals surface area contributed by atoms with Gasteiger partial charge in [-0.05, 0) is 19.1 Å². The number of hydrogen-bond acceptors (Lipinski definition) is 4. The van der Waals surface area contributed by atoms with Crippen LogP contribution in [0.5, 0.6) is 0 Å². The minimum Gasteiger partial charge on any atom is -0.368 e. The van der Waals surface area contributed by atoms with E-state index in [2.05, 4.69) is 10.1 Å². The van der Waals surface area contributed by atoms with Gasteiger partial charge < -0.3 is 14.8 Å². The average molecular weight is 228 g/mol. The van der Waals surface area contributed by atoms with Crippen molar-refractivity contribution < 1.29 is 4.52 Å². The first-order chi connectivity index (χ1) is 8.15. The van der Waals surface area contributed by atoms with Crippen LogP contribution in [0.1, 0.15) is 5.82 Å². The first kappa shape index (κ1) is 9.89. The number of hydrogen-bond donors (Lipinski definition) is 1. The van der Waals surface area contributed by atoms with Crippen molar-refractivity contribution >= 4 is 16.9 Å². The van der Waals surface area contributed by atoms with Gasteiger partial charge in [0.25, 0.3) is 0 Å². The summed E-state index contributed by atoms with van der Waals surface area (Å²) in [5.74, 6) is 1.30. The Kier molecular flexibility index (Phi) is 1.95. The molecule has 0 fully saturated rings. The summed E-state index contributed by atoms with van der Waals surface area (Å²) in [6.45, 7) is 1.98. The zero-order chi connectivity index (χ0) is 12.0. The highest BCUT2D eigenvalue weighted by Gasteiger charge is 2.08. The van der Waals surface area contributed by atoms with E-state index in [9.17, 15) is 0 Å². The topological polar surface area (TPSA) is 69.9 Å². The fourth-order valence-corrected chi connectivity index (χ4v) is 1.89. The molecule has 5 heteroatoms. The molecule has 0 aliphatic rings. The quantitative estimate of drug-likeness (QED) is 0.692. The van der Waals surface area contributed by atoms with Gasteiger partial charge in [0.05, 0.1) is 11.0 Å². The van der Waals surface area contributed by atoms with Gasteiger partial charge in [-0.2, -0.15) is 0 Å². The van der Waals surface area contributed by atoms with E-state index in [0.29, 0.717) is 5.88 Å². The number of aryl methyl sites for hydroxylation is 2. The second-order valence-electron chi connectivity index (χ2n) is 4.04. The van der Waals surface area contributed by atoms with E-state index >= 15 is 0 Å². The molecule has 2 N–H and O–H groups in total. The zero-order valence-electron chi connectivity index (χ0n) is 9.64. The Hall–Kier alpha value is -2.30. The number of aromatic nitrogens is 3. The van der Waals surface area contributed by atoms with Crippen molar-refractivity contribution in [1.82, 2.24) is 14.7 Å². The molecule has 0 unspecified atom stereocenters. The molecule has 0 saturated carbocycles. The molecule has 3 rings (SSSR count). The Balaban J connectivity index is 2.22.